The summed E-state index contributed by atoms with van der Waals surface area (Å²) in [6.45, 7) is 0. The molecule has 0 radical (unpaired) electrons. The molecule has 3 heterocycles. The van der Waals surface area contributed by atoms with Crippen molar-refractivity contribution in [3.8, 4) is 23.0 Å². The Labute approximate surface area is 175 Å². The fraction of sp³-hybridized carbons (Fsp3) is 0. The minimum atomic E-state index is -0.309. The molecule has 0 bridgehead atoms. The predicted molar refractivity (Wildman–Crippen MR) is 116 cm³/mol. The van der Waals surface area contributed by atoms with Gasteiger partial charge in [-0.25, -0.2) is 4.98 Å². The largest absolute Gasteiger partial charge is 0.459 e. The Balaban J connectivity index is 1.42. The van der Waals surface area contributed by atoms with Crippen LogP contribution in [-0.4, -0.2) is 15.9 Å². The maximum atomic E-state index is 12.1. The molecule has 146 valence electrons. The normalized spacial score (nSPS) is 10.8. The van der Waals surface area contributed by atoms with Gasteiger partial charge >= 0.3 is 0 Å². The molecule has 0 saturated heterocycles. The summed E-state index contributed by atoms with van der Waals surface area (Å²) in [6.07, 6.45) is 1.46. The van der Waals surface area contributed by atoms with Gasteiger partial charge in [0.25, 0.3) is 5.91 Å². The van der Waals surface area contributed by atoms with Crippen LogP contribution >= 0.6 is 11.3 Å². The number of nitrogens with zero attached hydrogens (tertiary/aromatic N) is 2. The Hall–Kier alpha value is -3.97. The first-order chi connectivity index (χ1) is 14.8. The van der Waals surface area contributed by atoms with Gasteiger partial charge in [0, 0.05) is 16.6 Å². The number of rotatable bonds is 5. The average Bonchev–Trinajstić information content (AvgIpc) is 3.49. The van der Waals surface area contributed by atoms with Crippen molar-refractivity contribution < 1.29 is 13.9 Å². The second-order valence-electron chi connectivity index (χ2n) is 6.44. The molecule has 1 amide bonds. The van der Waals surface area contributed by atoms with Crippen LogP contribution in [-0.2, 0) is 0 Å². The van der Waals surface area contributed by atoms with E-state index in [9.17, 15) is 4.79 Å². The number of aromatic nitrogens is 2. The summed E-state index contributed by atoms with van der Waals surface area (Å²) in [7, 11) is 0. The maximum Gasteiger partial charge on any atom is 0.291 e. The molecule has 2 aromatic carbocycles. The van der Waals surface area contributed by atoms with Crippen LogP contribution < -0.4 is 10.1 Å². The molecular formula is C23H15N3O3S. The molecule has 0 unspecified atom stereocenters. The van der Waals surface area contributed by atoms with Crippen molar-refractivity contribution in [2.24, 2.45) is 0 Å². The Morgan fingerprint density at radius 3 is 2.60 bits per heavy atom. The lowest BCUT2D eigenvalue weighted by Crippen LogP contribution is -2.10. The van der Waals surface area contributed by atoms with Gasteiger partial charge < -0.3 is 14.5 Å². The van der Waals surface area contributed by atoms with E-state index in [1.165, 1.54) is 6.26 Å². The number of carbonyl (C=O) groups excluding carboxylic acids is 1. The Kier molecular flexibility index (Phi) is 4.71. The quantitative estimate of drug-likeness (QED) is 0.383. The van der Waals surface area contributed by atoms with E-state index in [2.05, 4.69) is 15.3 Å². The molecule has 5 rings (SSSR count). The smallest absolute Gasteiger partial charge is 0.291 e. The number of carbonyl (C=O) groups is 1. The first-order valence-corrected chi connectivity index (χ1v) is 10.1. The van der Waals surface area contributed by atoms with E-state index < -0.39 is 0 Å². The number of hydrogen-bond acceptors (Lipinski definition) is 6. The second kappa shape index (κ2) is 7.81. The van der Waals surface area contributed by atoms with E-state index in [0.29, 0.717) is 23.1 Å². The standard InChI is InChI=1S/C23H15N3O3S/c27-22(20-6-3-12-28-20)24-16-7-9-17(10-8-16)29-23-18-4-1-2-5-19(18)25-21(26-23)15-11-13-30-14-15/h1-14H,(H,24,27). The number of amides is 1. The molecule has 5 aromatic rings. The number of fused-ring (bicyclic) bond motifs is 1. The first-order valence-electron chi connectivity index (χ1n) is 9.18. The molecule has 1 N–H and O–H groups in total. The molecule has 0 saturated carbocycles. The number of ether oxygens (including phenoxy) is 1. The zero-order valence-electron chi connectivity index (χ0n) is 15.6. The summed E-state index contributed by atoms with van der Waals surface area (Å²) in [5, 5.41) is 7.60. The summed E-state index contributed by atoms with van der Waals surface area (Å²) < 4.78 is 11.2. The number of nitrogens with one attached hydrogen (secondary N) is 1. The van der Waals surface area contributed by atoms with Gasteiger partial charge in [-0.05, 0) is 60.0 Å². The number of hydrogen-bond donors (Lipinski definition) is 1. The molecule has 0 atom stereocenters. The monoisotopic (exact) mass is 413 g/mol. The molecule has 0 fully saturated rings. The fourth-order valence-corrected chi connectivity index (χ4v) is 3.60. The third-order valence-corrected chi connectivity index (χ3v) is 5.10. The highest BCUT2D eigenvalue weighted by atomic mass is 32.1. The average molecular weight is 413 g/mol. The number of anilines is 1. The Morgan fingerprint density at radius 2 is 1.83 bits per heavy atom. The van der Waals surface area contributed by atoms with Gasteiger partial charge in [-0.1, -0.05) is 12.1 Å². The zero-order chi connectivity index (χ0) is 20.3. The highest BCUT2D eigenvalue weighted by molar-refractivity contribution is 7.08. The van der Waals surface area contributed by atoms with E-state index in [1.54, 1.807) is 47.7 Å². The number of furan rings is 1. The summed E-state index contributed by atoms with van der Waals surface area (Å²) in [5.41, 5.74) is 2.40. The van der Waals surface area contributed by atoms with E-state index in [4.69, 9.17) is 9.15 Å². The van der Waals surface area contributed by atoms with Crippen LogP contribution in [0.4, 0.5) is 5.69 Å². The molecule has 0 aliphatic rings. The van der Waals surface area contributed by atoms with Crippen molar-refractivity contribution in [1.29, 1.82) is 0 Å². The molecular weight excluding hydrogens is 398 g/mol. The predicted octanol–water partition coefficient (Wildman–Crippen LogP) is 6.00. The number of para-hydroxylation sites is 1. The Morgan fingerprint density at radius 1 is 0.967 bits per heavy atom. The van der Waals surface area contributed by atoms with Crippen LogP contribution in [0.5, 0.6) is 11.6 Å². The van der Waals surface area contributed by atoms with Crippen LogP contribution in [0, 0.1) is 0 Å². The molecule has 0 aliphatic heterocycles. The third kappa shape index (κ3) is 3.66. The van der Waals surface area contributed by atoms with Crippen LogP contribution in [0.3, 0.4) is 0 Å². The van der Waals surface area contributed by atoms with Gasteiger partial charge in [0.1, 0.15) is 5.75 Å². The lowest BCUT2D eigenvalue weighted by Gasteiger charge is -2.10. The zero-order valence-corrected chi connectivity index (χ0v) is 16.4. The summed E-state index contributed by atoms with van der Waals surface area (Å²) in [5.74, 6) is 1.65. The number of thiophene rings is 1. The van der Waals surface area contributed by atoms with Crippen LogP contribution in [0.1, 0.15) is 10.6 Å². The number of benzene rings is 2. The maximum absolute atomic E-state index is 12.1. The lowest BCUT2D eigenvalue weighted by molar-refractivity contribution is 0.0996. The highest BCUT2D eigenvalue weighted by Gasteiger charge is 2.12. The molecule has 3 aromatic heterocycles. The van der Waals surface area contributed by atoms with Crippen molar-refractivity contribution in [3.05, 3.63) is 89.5 Å². The van der Waals surface area contributed by atoms with E-state index in [-0.39, 0.29) is 11.7 Å². The minimum absolute atomic E-state index is 0.253. The third-order valence-electron chi connectivity index (χ3n) is 4.42. The van der Waals surface area contributed by atoms with Crippen molar-refractivity contribution in [1.82, 2.24) is 9.97 Å². The molecule has 0 aliphatic carbocycles. The van der Waals surface area contributed by atoms with E-state index in [0.717, 1.165) is 16.5 Å². The first kappa shape index (κ1) is 18.1. The van der Waals surface area contributed by atoms with Crippen molar-refractivity contribution >= 4 is 33.8 Å². The molecule has 6 nitrogen and oxygen atoms in total. The minimum Gasteiger partial charge on any atom is -0.459 e. The van der Waals surface area contributed by atoms with Gasteiger partial charge in [0.2, 0.25) is 5.88 Å². The lowest BCUT2D eigenvalue weighted by atomic mass is 10.2. The van der Waals surface area contributed by atoms with Crippen molar-refractivity contribution in [3.63, 3.8) is 0 Å². The summed E-state index contributed by atoms with van der Waals surface area (Å²) in [4.78, 5) is 21.4. The molecule has 7 heteroatoms. The van der Waals surface area contributed by atoms with Crippen LogP contribution in [0.2, 0.25) is 0 Å². The van der Waals surface area contributed by atoms with Crippen molar-refractivity contribution in [2.75, 3.05) is 5.32 Å². The van der Waals surface area contributed by atoms with Gasteiger partial charge in [-0.3, -0.25) is 4.79 Å². The van der Waals surface area contributed by atoms with Crippen LogP contribution in [0.25, 0.3) is 22.3 Å². The molecule has 0 spiro atoms. The second-order valence-corrected chi connectivity index (χ2v) is 7.22. The summed E-state index contributed by atoms with van der Waals surface area (Å²) >= 11 is 1.59. The Bertz CT molecular complexity index is 1300. The van der Waals surface area contributed by atoms with Gasteiger partial charge in [-0.2, -0.15) is 16.3 Å². The van der Waals surface area contributed by atoms with Crippen molar-refractivity contribution in [2.45, 2.75) is 0 Å². The molecule has 30 heavy (non-hydrogen) atoms. The highest BCUT2D eigenvalue weighted by Crippen LogP contribution is 2.31. The fourth-order valence-electron chi connectivity index (χ4n) is 2.96. The van der Waals surface area contributed by atoms with E-state index in [1.807, 2.05) is 41.1 Å². The SMILES string of the molecule is O=C(Nc1ccc(Oc2nc(-c3ccsc3)nc3ccccc23)cc1)c1ccco1. The summed E-state index contributed by atoms with van der Waals surface area (Å²) in [6, 6.07) is 20.1. The van der Waals surface area contributed by atoms with Gasteiger partial charge in [-0.15, -0.1) is 0 Å². The van der Waals surface area contributed by atoms with Gasteiger partial charge in [0.15, 0.2) is 11.6 Å². The van der Waals surface area contributed by atoms with Crippen LogP contribution in [0.15, 0.2) is 88.2 Å². The topological polar surface area (TPSA) is 77.2 Å². The van der Waals surface area contributed by atoms with E-state index >= 15 is 0 Å². The van der Waals surface area contributed by atoms with Gasteiger partial charge in [0.05, 0.1) is 17.2 Å².